The Morgan fingerprint density at radius 2 is 1.83 bits per heavy atom. The number of hydrogen-bond donors (Lipinski definition) is 0. The first kappa shape index (κ1) is 19.2. The normalized spacial score (nSPS) is 10.9. The average molecular weight is 403 g/mol. The van der Waals surface area contributed by atoms with Crippen molar-refractivity contribution in [1.29, 1.82) is 0 Å². The number of methoxy groups -OCH3 is 1. The van der Waals surface area contributed by atoms with Crippen molar-refractivity contribution in [2.45, 2.75) is 20.4 Å². The molecule has 146 valence electrons. The van der Waals surface area contributed by atoms with Gasteiger partial charge in [-0.25, -0.2) is 4.98 Å². The van der Waals surface area contributed by atoms with Gasteiger partial charge in [0.1, 0.15) is 10.8 Å². The number of ether oxygens (including phenoxy) is 1. The smallest absolute Gasteiger partial charge is 0.224 e. The second-order valence-corrected chi connectivity index (χ2v) is 7.98. The molecule has 4 rings (SSSR count). The van der Waals surface area contributed by atoms with Crippen molar-refractivity contribution in [3.63, 3.8) is 0 Å². The van der Waals surface area contributed by atoms with Crippen molar-refractivity contribution in [3.05, 3.63) is 77.9 Å². The van der Waals surface area contributed by atoms with Gasteiger partial charge in [-0.1, -0.05) is 24.3 Å². The molecule has 4 aromatic rings. The highest BCUT2D eigenvalue weighted by Gasteiger charge is 2.15. The molecule has 0 spiro atoms. The monoisotopic (exact) mass is 402 g/mol. The van der Waals surface area contributed by atoms with Crippen LogP contribution < -0.4 is 9.64 Å². The number of amides is 1. The van der Waals surface area contributed by atoms with Crippen molar-refractivity contribution >= 4 is 33.1 Å². The summed E-state index contributed by atoms with van der Waals surface area (Å²) in [6.45, 7) is 4.13. The van der Waals surface area contributed by atoms with E-state index in [0.29, 0.717) is 6.54 Å². The van der Waals surface area contributed by atoms with Crippen LogP contribution in [0.1, 0.15) is 18.1 Å². The van der Waals surface area contributed by atoms with Crippen molar-refractivity contribution in [3.8, 4) is 16.3 Å². The molecule has 0 aliphatic carbocycles. The number of aryl methyl sites for hydroxylation is 1. The Kier molecular flexibility index (Phi) is 5.32. The fraction of sp³-hybridized carbons (Fsp3) is 0.167. The largest absolute Gasteiger partial charge is 0.496 e. The summed E-state index contributed by atoms with van der Waals surface area (Å²) in [4.78, 5) is 18.8. The Hall–Kier alpha value is -3.18. The summed E-state index contributed by atoms with van der Waals surface area (Å²) >= 11 is 1.68. The molecule has 0 saturated carbocycles. The molecule has 0 atom stereocenters. The highest BCUT2D eigenvalue weighted by atomic mass is 32.1. The zero-order chi connectivity index (χ0) is 20.4. The number of carbonyl (C=O) groups excluding carboxylic acids is 1. The molecule has 3 aromatic carbocycles. The van der Waals surface area contributed by atoms with Crippen LogP contribution in [0.2, 0.25) is 0 Å². The molecular formula is C24H22N2O2S. The molecule has 0 fully saturated rings. The summed E-state index contributed by atoms with van der Waals surface area (Å²) in [5.74, 6) is 0.763. The molecule has 0 N–H and O–H groups in total. The van der Waals surface area contributed by atoms with Gasteiger partial charge >= 0.3 is 0 Å². The fourth-order valence-corrected chi connectivity index (χ4v) is 4.40. The maximum Gasteiger partial charge on any atom is 0.224 e. The highest BCUT2D eigenvalue weighted by Crippen LogP contribution is 2.32. The minimum Gasteiger partial charge on any atom is -0.496 e. The Morgan fingerprint density at radius 1 is 1.07 bits per heavy atom. The number of thiazole rings is 1. The molecule has 5 heteroatoms. The molecule has 29 heavy (non-hydrogen) atoms. The lowest BCUT2D eigenvalue weighted by molar-refractivity contribution is -0.116. The second-order valence-electron chi connectivity index (χ2n) is 6.95. The molecule has 0 aliphatic rings. The summed E-state index contributed by atoms with van der Waals surface area (Å²) in [5, 5.41) is 0.983. The van der Waals surface area contributed by atoms with Crippen LogP contribution >= 0.6 is 11.3 Å². The van der Waals surface area contributed by atoms with E-state index in [2.05, 4.69) is 25.1 Å². The number of hydrogen-bond acceptors (Lipinski definition) is 4. The molecule has 1 heterocycles. The fourth-order valence-electron chi connectivity index (χ4n) is 3.33. The van der Waals surface area contributed by atoms with Gasteiger partial charge < -0.3 is 9.64 Å². The van der Waals surface area contributed by atoms with Gasteiger partial charge in [0.25, 0.3) is 0 Å². The molecule has 1 amide bonds. The molecule has 0 aliphatic heterocycles. The molecule has 0 bridgehead atoms. The molecule has 0 radical (unpaired) electrons. The summed E-state index contributed by atoms with van der Waals surface area (Å²) in [5.41, 5.74) is 5.12. The van der Waals surface area contributed by atoms with Gasteiger partial charge in [-0.05, 0) is 55.0 Å². The van der Waals surface area contributed by atoms with Gasteiger partial charge in [0.05, 0.1) is 23.9 Å². The summed E-state index contributed by atoms with van der Waals surface area (Å²) < 4.78 is 6.62. The second kappa shape index (κ2) is 8.05. The summed E-state index contributed by atoms with van der Waals surface area (Å²) in [6, 6.07) is 22.1. The van der Waals surface area contributed by atoms with E-state index >= 15 is 0 Å². The number of fused-ring (bicyclic) bond motifs is 1. The molecular weight excluding hydrogens is 380 g/mol. The van der Waals surface area contributed by atoms with Crippen LogP contribution in [0.3, 0.4) is 0 Å². The lowest BCUT2D eigenvalue weighted by atomic mass is 10.1. The minimum atomic E-state index is -0.0147. The number of benzene rings is 3. The van der Waals surface area contributed by atoms with E-state index in [1.807, 2.05) is 48.5 Å². The number of aromatic nitrogens is 1. The first-order chi connectivity index (χ1) is 14.0. The number of rotatable bonds is 5. The number of carbonyl (C=O) groups is 1. The number of anilines is 1. The Bertz CT molecular complexity index is 1170. The molecule has 1 aromatic heterocycles. The molecule has 0 saturated heterocycles. The zero-order valence-electron chi connectivity index (χ0n) is 16.7. The van der Waals surface area contributed by atoms with Gasteiger partial charge in [0.2, 0.25) is 5.91 Å². The SMILES string of the molecule is COc1ccccc1CN(C(C)=O)c1ccc(-c2nc3ccc(C)cc3s2)cc1. The van der Waals surface area contributed by atoms with Crippen molar-refractivity contribution in [1.82, 2.24) is 4.98 Å². The first-order valence-electron chi connectivity index (χ1n) is 9.43. The van der Waals surface area contributed by atoms with E-state index in [9.17, 15) is 4.79 Å². The zero-order valence-corrected chi connectivity index (χ0v) is 17.5. The van der Waals surface area contributed by atoms with E-state index in [1.54, 1.807) is 30.3 Å². The van der Waals surface area contributed by atoms with Gasteiger partial charge in [-0.3, -0.25) is 4.79 Å². The third kappa shape index (κ3) is 4.00. The summed E-state index contributed by atoms with van der Waals surface area (Å²) in [7, 11) is 1.64. The topological polar surface area (TPSA) is 42.4 Å². The Balaban J connectivity index is 1.62. The van der Waals surface area contributed by atoms with Crippen molar-refractivity contribution < 1.29 is 9.53 Å². The average Bonchev–Trinajstić information content (AvgIpc) is 3.15. The van der Waals surface area contributed by atoms with Crippen LogP contribution in [0.5, 0.6) is 5.75 Å². The van der Waals surface area contributed by atoms with E-state index in [1.165, 1.54) is 10.3 Å². The predicted octanol–water partition coefficient (Wildman–Crippen LogP) is 5.83. The van der Waals surface area contributed by atoms with Crippen molar-refractivity contribution in [2.75, 3.05) is 12.0 Å². The first-order valence-corrected chi connectivity index (χ1v) is 10.2. The number of nitrogens with zero attached hydrogens (tertiary/aromatic N) is 2. The van der Waals surface area contributed by atoms with E-state index < -0.39 is 0 Å². The van der Waals surface area contributed by atoms with Crippen molar-refractivity contribution in [2.24, 2.45) is 0 Å². The van der Waals surface area contributed by atoms with Gasteiger partial charge in [0, 0.05) is 23.7 Å². The van der Waals surface area contributed by atoms with Gasteiger partial charge in [-0.15, -0.1) is 11.3 Å². The van der Waals surface area contributed by atoms with E-state index in [-0.39, 0.29) is 5.91 Å². The third-order valence-corrected chi connectivity index (χ3v) is 5.94. The number of para-hydroxylation sites is 1. The molecule has 0 unspecified atom stereocenters. The molecule has 4 nitrogen and oxygen atoms in total. The van der Waals surface area contributed by atoms with Gasteiger partial charge in [0.15, 0.2) is 0 Å². The summed E-state index contributed by atoms with van der Waals surface area (Å²) in [6.07, 6.45) is 0. The van der Waals surface area contributed by atoms with Crippen LogP contribution in [0, 0.1) is 6.92 Å². The van der Waals surface area contributed by atoms with E-state index in [0.717, 1.165) is 33.1 Å². The third-order valence-electron chi connectivity index (χ3n) is 4.87. The van der Waals surface area contributed by atoms with Crippen LogP contribution in [0.4, 0.5) is 5.69 Å². The maximum atomic E-state index is 12.3. The predicted molar refractivity (Wildman–Crippen MR) is 120 cm³/mol. The highest BCUT2D eigenvalue weighted by molar-refractivity contribution is 7.21. The lowest BCUT2D eigenvalue weighted by Gasteiger charge is -2.22. The Morgan fingerprint density at radius 3 is 2.55 bits per heavy atom. The lowest BCUT2D eigenvalue weighted by Crippen LogP contribution is -2.27. The van der Waals surface area contributed by atoms with Crippen LogP contribution in [-0.2, 0) is 11.3 Å². The maximum absolute atomic E-state index is 12.3. The van der Waals surface area contributed by atoms with Crippen LogP contribution in [0.25, 0.3) is 20.8 Å². The van der Waals surface area contributed by atoms with Gasteiger partial charge in [-0.2, -0.15) is 0 Å². The standard InChI is InChI=1S/C24H22N2O2S/c1-16-8-13-21-23(14-16)29-24(25-21)18-9-11-20(12-10-18)26(17(2)27)15-19-6-4-5-7-22(19)28-3/h4-14H,15H2,1-3H3. The minimum absolute atomic E-state index is 0.0147. The Labute approximate surface area is 174 Å². The van der Waals surface area contributed by atoms with E-state index in [4.69, 9.17) is 9.72 Å². The quantitative estimate of drug-likeness (QED) is 0.421. The van der Waals surface area contributed by atoms with Crippen LogP contribution in [0.15, 0.2) is 66.7 Å². The van der Waals surface area contributed by atoms with Crippen LogP contribution in [-0.4, -0.2) is 18.0 Å².